The summed E-state index contributed by atoms with van der Waals surface area (Å²) in [5, 5.41) is 0. The number of nitrogens with zero attached hydrogens (tertiary/aromatic N) is 2. The Morgan fingerprint density at radius 1 is 0.912 bits per heavy atom. The van der Waals surface area contributed by atoms with E-state index in [1.807, 2.05) is 67.6 Å². The molecule has 0 radical (unpaired) electrons. The van der Waals surface area contributed by atoms with Crippen LogP contribution in [0.4, 0.5) is 5.69 Å². The first-order valence-corrected chi connectivity index (χ1v) is 11.5. The Hall–Kier alpha value is -3.93. The molecule has 1 saturated heterocycles. The maximum atomic E-state index is 13.4. The van der Waals surface area contributed by atoms with E-state index >= 15 is 0 Å². The lowest BCUT2D eigenvalue weighted by molar-refractivity contribution is -0.137. The maximum Gasteiger partial charge on any atom is 0.257 e. The summed E-state index contributed by atoms with van der Waals surface area (Å²) >= 11 is 0. The van der Waals surface area contributed by atoms with Crippen LogP contribution < -0.4 is 9.64 Å². The maximum absolute atomic E-state index is 13.4. The largest absolute Gasteiger partial charge is 0.494 e. The van der Waals surface area contributed by atoms with Crippen LogP contribution in [-0.2, 0) is 27.2 Å². The fourth-order valence-electron chi connectivity index (χ4n) is 4.21. The van der Waals surface area contributed by atoms with Gasteiger partial charge in [-0.25, -0.2) is 4.90 Å². The van der Waals surface area contributed by atoms with Gasteiger partial charge in [-0.3, -0.25) is 14.4 Å². The normalized spacial score (nSPS) is 15.4. The molecule has 3 amide bonds. The van der Waals surface area contributed by atoms with Crippen LogP contribution in [-0.4, -0.2) is 41.8 Å². The van der Waals surface area contributed by atoms with Gasteiger partial charge in [-0.1, -0.05) is 60.7 Å². The first-order chi connectivity index (χ1) is 16.6. The molecule has 1 fully saturated rings. The van der Waals surface area contributed by atoms with Crippen LogP contribution >= 0.6 is 0 Å². The van der Waals surface area contributed by atoms with Crippen molar-refractivity contribution in [1.29, 1.82) is 0 Å². The lowest BCUT2D eigenvalue weighted by Gasteiger charge is -2.28. The van der Waals surface area contributed by atoms with Crippen molar-refractivity contribution in [3.8, 4) is 5.75 Å². The molecule has 1 aliphatic heterocycles. The summed E-state index contributed by atoms with van der Waals surface area (Å²) in [6.07, 6.45) is 0.750. The molecule has 174 valence electrons. The molecule has 6 nitrogen and oxygen atoms in total. The van der Waals surface area contributed by atoms with Crippen molar-refractivity contribution < 1.29 is 19.1 Å². The third kappa shape index (κ3) is 5.34. The van der Waals surface area contributed by atoms with Gasteiger partial charge in [-0.2, -0.15) is 0 Å². The van der Waals surface area contributed by atoms with Crippen LogP contribution in [0, 0.1) is 0 Å². The lowest BCUT2D eigenvalue weighted by atomic mass is 10.1. The molecule has 3 aromatic carbocycles. The topological polar surface area (TPSA) is 66.9 Å². The van der Waals surface area contributed by atoms with Crippen molar-refractivity contribution in [2.45, 2.75) is 32.2 Å². The summed E-state index contributed by atoms with van der Waals surface area (Å²) in [6, 6.07) is 25.3. The zero-order valence-corrected chi connectivity index (χ0v) is 19.2. The number of anilines is 1. The molecule has 34 heavy (non-hydrogen) atoms. The molecule has 0 N–H and O–H groups in total. The molecular weight excluding hydrogens is 428 g/mol. The second kappa shape index (κ2) is 10.8. The van der Waals surface area contributed by atoms with Crippen LogP contribution in [0.25, 0.3) is 0 Å². The van der Waals surface area contributed by atoms with Gasteiger partial charge in [0.2, 0.25) is 11.8 Å². The van der Waals surface area contributed by atoms with E-state index in [1.165, 1.54) is 4.90 Å². The monoisotopic (exact) mass is 456 g/mol. The Kier molecular flexibility index (Phi) is 7.38. The highest BCUT2D eigenvalue weighted by atomic mass is 16.5. The highest BCUT2D eigenvalue weighted by Crippen LogP contribution is 2.28. The summed E-state index contributed by atoms with van der Waals surface area (Å²) in [4.78, 5) is 42.4. The van der Waals surface area contributed by atoms with E-state index in [9.17, 15) is 14.4 Å². The molecule has 0 spiro atoms. The van der Waals surface area contributed by atoms with Gasteiger partial charge in [0.1, 0.15) is 11.8 Å². The molecule has 0 saturated carbocycles. The van der Waals surface area contributed by atoms with Crippen LogP contribution in [0.1, 0.15) is 24.5 Å². The number of benzene rings is 3. The van der Waals surface area contributed by atoms with Crippen molar-refractivity contribution in [3.05, 3.63) is 96.1 Å². The summed E-state index contributed by atoms with van der Waals surface area (Å²) in [5.41, 5.74) is 2.43. The van der Waals surface area contributed by atoms with Gasteiger partial charge in [-0.15, -0.1) is 0 Å². The highest BCUT2D eigenvalue weighted by Gasteiger charge is 2.44. The van der Waals surface area contributed by atoms with E-state index in [-0.39, 0.29) is 30.6 Å². The Morgan fingerprint density at radius 2 is 1.53 bits per heavy atom. The van der Waals surface area contributed by atoms with Gasteiger partial charge in [0, 0.05) is 6.54 Å². The van der Waals surface area contributed by atoms with E-state index in [1.54, 1.807) is 29.2 Å². The van der Waals surface area contributed by atoms with Crippen molar-refractivity contribution in [2.24, 2.45) is 0 Å². The van der Waals surface area contributed by atoms with E-state index < -0.39 is 6.04 Å². The van der Waals surface area contributed by atoms with Gasteiger partial charge in [0.05, 0.1) is 25.1 Å². The summed E-state index contributed by atoms with van der Waals surface area (Å²) in [5.74, 6) is -0.175. The van der Waals surface area contributed by atoms with Gasteiger partial charge in [0.15, 0.2) is 0 Å². The smallest absolute Gasteiger partial charge is 0.257 e. The standard InChI is InChI=1S/C28H28N2O4/c1-2-34-24-15-13-23(14-16-24)30-27(32)20-25(28(30)33)29(18-17-21-9-5-3-6-10-21)26(31)19-22-11-7-4-8-12-22/h3-16,25H,2,17-20H2,1H3. The Labute approximate surface area is 199 Å². The van der Waals surface area contributed by atoms with Gasteiger partial charge >= 0.3 is 0 Å². The van der Waals surface area contributed by atoms with Crippen molar-refractivity contribution in [2.75, 3.05) is 18.1 Å². The average molecular weight is 457 g/mol. The minimum absolute atomic E-state index is 0.0264. The molecule has 0 bridgehead atoms. The SMILES string of the molecule is CCOc1ccc(N2C(=O)CC(N(CCc3ccccc3)C(=O)Cc3ccccc3)C2=O)cc1. The summed E-state index contributed by atoms with van der Waals surface area (Å²) < 4.78 is 5.46. The number of rotatable bonds is 9. The Bertz CT molecular complexity index is 1130. The lowest BCUT2D eigenvalue weighted by Crippen LogP contribution is -2.47. The van der Waals surface area contributed by atoms with Crippen LogP contribution in [0.15, 0.2) is 84.9 Å². The van der Waals surface area contributed by atoms with Crippen LogP contribution in [0.5, 0.6) is 5.75 Å². The molecule has 6 heteroatoms. The van der Waals surface area contributed by atoms with Crippen molar-refractivity contribution in [3.63, 3.8) is 0 Å². The van der Waals surface area contributed by atoms with Crippen LogP contribution in [0.2, 0.25) is 0 Å². The van der Waals surface area contributed by atoms with Gasteiger partial charge in [0.25, 0.3) is 5.91 Å². The fraction of sp³-hybridized carbons (Fsp3) is 0.250. The molecular formula is C28H28N2O4. The quantitative estimate of drug-likeness (QED) is 0.456. The van der Waals surface area contributed by atoms with Crippen LogP contribution in [0.3, 0.4) is 0 Å². The third-order valence-corrected chi connectivity index (χ3v) is 5.91. The fourth-order valence-corrected chi connectivity index (χ4v) is 4.21. The highest BCUT2D eigenvalue weighted by molar-refractivity contribution is 6.23. The minimum Gasteiger partial charge on any atom is -0.494 e. The number of ether oxygens (including phenoxy) is 1. The van der Waals surface area contributed by atoms with Crippen molar-refractivity contribution >= 4 is 23.4 Å². The number of hydrogen-bond acceptors (Lipinski definition) is 4. The van der Waals surface area contributed by atoms with E-state index in [0.717, 1.165) is 11.1 Å². The van der Waals surface area contributed by atoms with E-state index in [0.29, 0.717) is 31.0 Å². The second-order valence-corrected chi connectivity index (χ2v) is 8.20. The molecule has 1 unspecified atom stereocenters. The molecule has 4 rings (SSSR count). The first kappa shape index (κ1) is 23.2. The second-order valence-electron chi connectivity index (χ2n) is 8.20. The summed E-state index contributed by atoms with van der Waals surface area (Å²) in [6.45, 7) is 2.78. The number of carbonyl (C=O) groups is 3. The molecule has 1 heterocycles. The molecule has 0 aliphatic carbocycles. The predicted molar refractivity (Wildman–Crippen MR) is 131 cm³/mol. The zero-order chi connectivity index (χ0) is 23.9. The average Bonchev–Trinajstić information content (AvgIpc) is 3.15. The van der Waals surface area contributed by atoms with Gasteiger partial charge in [-0.05, 0) is 48.7 Å². The van der Waals surface area contributed by atoms with Gasteiger partial charge < -0.3 is 9.64 Å². The molecule has 3 aromatic rings. The third-order valence-electron chi connectivity index (χ3n) is 5.91. The predicted octanol–water partition coefficient (Wildman–Crippen LogP) is 4.03. The first-order valence-electron chi connectivity index (χ1n) is 11.5. The number of hydrogen-bond donors (Lipinski definition) is 0. The summed E-state index contributed by atoms with van der Waals surface area (Å²) in [7, 11) is 0. The molecule has 0 aromatic heterocycles. The Balaban J connectivity index is 1.56. The number of carbonyl (C=O) groups excluding carboxylic acids is 3. The minimum atomic E-state index is -0.820. The molecule has 1 aliphatic rings. The number of imide groups is 1. The van der Waals surface area contributed by atoms with E-state index in [4.69, 9.17) is 4.74 Å². The van der Waals surface area contributed by atoms with E-state index in [2.05, 4.69) is 0 Å². The van der Waals surface area contributed by atoms with Crippen molar-refractivity contribution in [1.82, 2.24) is 4.90 Å². The zero-order valence-electron chi connectivity index (χ0n) is 19.2. The molecule has 1 atom stereocenters. The number of amides is 3. The Morgan fingerprint density at radius 3 is 2.15 bits per heavy atom.